The highest BCUT2D eigenvalue weighted by atomic mass is 35.5. The van der Waals surface area contributed by atoms with Gasteiger partial charge >= 0.3 is 6.18 Å². The fourth-order valence-corrected chi connectivity index (χ4v) is 1.35. The third-order valence-electron chi connectivity index (χ3n) is 2.04. The van der Waals surface area contributed by atoms with Gasteiger partial charge in [-0.2, -0.15) is 13.2 Å². The van der Waals surface area contributed by atoms with E-state index in [-0.39, 0.29) is 18.0 Å². The normalized spacial score (nSPS) is 12.7. The second-order valence-electron chi connectivity index (χ2n) is 3.39. The number of nitrogens with two attached hydrogens (primary N) is 1. The molecule has 1 rings (SSSR count). The molecule has 0 aliphatic rings. The molecule has 0 fully saturated rings. The van der Waals surface area contributed by atoms with Gasteiger partial charge in [-0.3, -0.25) is 10.1 Å². The number of nitrogens with zero attached hydrogens (tertiary/aromatic N) is 1. The van der Waals surface area contributed by atoms with Crippen molar-refractivity contribution in [3.8, 4) is 0 Å². The summed E-state index contributed by atoms with van der Waals surface area (Å²) in [4.78, 5) is 9.58. The first-order chi connectivity index (χ1) is 7.70. The maximum Gasteiger partial charge on any atom is 0.390 e. The molecule has 1 aromatic carbocycles. The summed E-state index contributed by atoms with van der Waals surface area (Å²) in [5.41, 5.74) is 4.14. The fraction of sp³-hybridized carbons (Fsp3) is 0.333. The van der Waals surface area contributed by atoms with Crippen molar-refractivity contribution in [3.05, 3.63) is 39.7 Å². The second-order valence-corrected chi connectivity index (χ2v) is 3.39. The molecule has 0 aliphatic carbocycles. The highest BCUT2D eigenvalue weighted by molar-refractivity contribution is 5.85. The monoisotopic (exact) mass is 288 g/mol. The Bertz CT molecular complexity index is 439. The standard InChI is InChI=1S/C9H8F4N2O2.ClH/c10-5-1-2-6(8(3-5)15(16)17)7(14)4-9(11,12)13;/h1-3,7H,4,14H2;1H/t7-;/m1./s1. The molecule has 0 heterocycles. The lowest BCUT2D eigenvalue weighted by Crippen LogP contribution is -2.21. The second kappa shape index (κ2) is 5.96. The van der Waals surface area contributed by atoms with Crippen LogP contribution in [0.25, 0.3) is 0 Å². The van der Waals surface area contributed by atoms with Gasteiger partial charge in [-0.05, 0) is 12.1 Å². The Morgan fingerprint density at radius 3 is 2.39 bits per heavy atom. The molecule has 0 unspecified atom stereocenters. The third-order valence-corrected chi connectivity index (χ3v) is 2.04. The zero-order chi connectivity index (χ0) is 13.2. The Balaban J connectivity index is 0.00000289. The Morgan fingerprint density at radius 1 is 1.39 bits per heavy atom. The van der Waals surface area contributed by atoms with Gasteiger partial charge in [-0.1, -0.05) is 0 Å². The lowest BCUT2D eigenvalue weighted by atomic mass is 10.0. The molecule has 4 nitrogen and oxygen atoms in total. The van der Waals surface area contributed by atoms with Gasteiger partial charge in [0, 0.05) is 11.6 Å². The van der Waals surface area contributed by atoms with Gasteiger partial charge in [0.2, 0.25) is 0 Å². The number of alkyl halides is 3. The van der Waals surface area contributed by atoms with Crippen LogP contribution in [-0.2, 0) is 0 Å². The van der Waals surface area contributed by atoms with Gasteiger partial charge in [0.15, 0.2) is 0 Å². The van der Waals surface area contributed by atoms with Crippen LogP contribution in [0.3, 0.4) is 0 Å². The van der Waals surface area contributed by atoms with Crippen LogP contribution in [-0.4, -0.2) is 11.1 Å². The van der Waals surface area contributed by atoms with Gasteiger partial charge in [-0.15, -0.1) is 12.4 Å². The van der Waals surface area contributed by atoms with Crippen molar-refractivity contribution < 1.29 is 22.5 Å². The van der Waals surface area contributed by atoms with E-state index < -0.39 is 35.1 Å². The average molecular weight is 289 g/mol. The van der Waals surface area contributed by atoms with Crippen LogP contribution in [0.2, 0.25) is 0 Å². The van der Waals surface area contributed by atoms with Gasteiger partial charge in [0.25, 0.3) is 5.69 Å². The molecule has 0 bridgehead atoms. The predicted molar refractivity (Wildman–Crippen MR) is 57.9 cm³/mol. The Labute approximate surface area is 105 Å². The third kappa shape index (κ3) is 4.46. The molecule has 0 saturated carbocycles. The maximum atomic E-state index is 12.7. The zero-order valence-corrected chi connectivity index (χ0v) is 9.59. The van der Waals surface area contributed by atoms with Crippen molar-refractivity contribution in [3.63, 3.8) is 0 Å². The van der Waals surface area contributed by atoms with Crippen LogP contribution < -0.4 is 5.73 Å². The molecule has 0 spiro atoms. The van der Waals surface area contributed by atoms with E-state index in [0.29, 0.717) is 6.07 Å². The first-order valence-electron chi connectivity index (χ1n) is 4.47. The van der Waals surface area contributed by atoms with Crippen molar-refractivity contribution in [2.24, 2.45) is 5.73 Å². The van der Waals surface area contributed by atoms with E-state index in [1.165, 1.54) is 0 Å². The minimum Gasteiger partial charge on any atom is -0.323 e. The van der Waals surface area contributed by atoms with E-state index in [4.69, 9.17) is 5.73 Å². The molecule has 0 aromatic heterocycles. The van der Waals surface area contributed by atoms with Crippen molar-refractivity contribution in [1.82, 2.24) is 0 Å². The molecular formula is C9H9ClF4N2O2. The lowest BCUT2D eigenvalue weighted by molar-refractivity contribution is -0.386. The van der Waals surface area contributed by atoms with Crippen LogP contribution in [0.5, 0.6) is 0 Å². The minimum atomic E-state index is -4.54. The van der Waals surface area contributed by atoms with Crippen molar-refractivity contribution in [2.75, 3.05) is 0 Å². The largest absolute Gasteiger partial charge is 0.390 e. The molecule has 2 N–H and O–H groups in total. The summed E-state index contributed by atoms with van der Waals surface area (Å²) in [5, 5.41) is 10.5. The highest BCUT2D eigenvalue weighted by Crippen LogP contribution is 2.32. The van der Waals surface area contributed by atoms with E-state index in [2.05, 4.69) is 0 Å². The van der Waals surface area contributed by atoms with Crippen LogP contribution >= 0.6 is 12.4 Å². The number of halogens is 5. The summed E-state index contributed by atoms with van der Waals surface area (Å²) in [6.45, 7) is 0. The highest BCUT2D eigenvalue weighted by Gasteiger charge is 2.33. The molecule has 1 aromatic rings. The number of nitro benzene ring substituents is 1. The molecule has 102 valence electrons. The van der Waals surface area contributed by atoms with Crippen LogP contribution in [0.15, 0.2) is 18.2 Å². The van der Waals surface area contributed by atoms with E-state index in [0.717, 1.165) is 12.1 Å². The first kappa shape index (κ1) is 16.6. The molecular weight excluding hydrogens is 280 g/mol. The summed E-state index contributed by atoms with van der Waals surface area (Å²) >= 11 is 0. The first-order valence-corrected chi connectivity index (χ1v) is 4.47. The molecule has 1 atom stereocenters. The van der Waals surface area contributed by atoms with E-state index >= 15 is 0 Å². The van der Waals surface area contributed by atoms with E-state index in [1.807, 2.05) is 0 Å². The number of hydrogen-bond acceptors (Lipinski definition) is 3. The lowest BCUT2D eigenvalue weighted by Gasteiger charge is -2.14. The Morgan fingerprint density at radius 2 is 1.94 bits per heavy atom. The van der Waals surface area contributed by atoms with Crippen LogP contribution in [0.4, 0.5) is 23.2 Å². The summed E-state index contributed by atoms with van der Waals surface area (Å²) in [6.07, 6.45) is -5.94. The predicted octanol–water partition coefficient (Wildman–Crippen LogP) is 3.11. The van der Waals surface area contributed by atoms with Gasteiger partial charge in [-0.25, -0.2) is 4.39 Å². The fourth-order valence-electron chi connectivity index (χ4n) is 1.35. The number of rotatable bonds is 3. The number of nitro groups is 1. The van der Waals surface area contributed by atoms with E-state index in [9.17, 15) is 27.7 Å². The Hall–Kier alpha value is -1.41. The molecule has 0 radical (unpaired) electrons. The van der Waals surface area contributed by atoms with Gasteiger partial charge in [0.1, 0.15) is 5.82 Å². The SMILES string of the molecule is Cl.N[C@H](CC(F)(F)F)c1ccc(F)cc1[N+](=O)[O-]. The molecule has 9 heteroatoms. The maximum absolute atomic E-state index is 12.7. The summed E-state index contributed by atoms with van der Waals surface area (Å²) < 4.78 is 49.0. The van der Waals surface area contributed by atoms with Gasteiger partial charge < -0.3 is 5.73 Å². The van der Waals surface area contributed by atoms with Crippen molar-refractivity contribution in [2.45, 2.75) is 18.6 Å². The van der Waals surface area contributed by atoms with Crippen LogP contribution in [0, 0.1) is 15.9 Å². The topological polar surface area (TPSA) is 69.2 Å². The summed E-state index contributed by atoms with van der Waals surface area (Å²) in [7, 11) is 0. The molecule has 0 amide bonds. The smallest absolute Gasteiger partial charge is 0.323 e. The number of benzene rings is 1. The molecule has 0 saturated heterocycles. The van der Waals surface area contributed by atoms with Crippen molar-refractivity contribution >= 4 is 18.1 Å². The van der Waals surface area contributed by atoms with Crippen molar-refractivity contribution in [1.29, 1.82) is 0 Å². The Kier molecular flexibility index (Phi) is 5.50. The summed E-state index contributed by atoms with van der Waals surface area (Å²) in [6, 6.07) is 0.685. The average Bonchev–Trinajstić information content (AvgIpc) is 2.14. The zero-order valence-electron chi connectivity index (χ0n) is 8.78. The van der Waals surface area contributed by atoms with Gasteiger partial charge in [0.05, 0.1) is 17.4 Å². The number of hydrogen-bond donors (Lipinski definition) is 1. The quantitative estimate of drug-likeness (QED) is 0.528. The van der Waals surface area contributed by atoms with Crippen LogP contribution in [0.1, 0.15) is 18.0 Å². The molecule has 0 aliphatic heterocycles. The summed E-state index contributed by atoms with van der Waals surface area (Å²) in [5.74, 6) is -0.903. The van der Waals surface area contributed by atoms with E-state index in [1.54, 1.807) is 0 Å². The molecule has 18 heavy (non-hydrogen) atoms. The minimum absolute atomic E-state index is 0.